The van der Waals surface area contributed by atoms with Gasteiger partial charge in [-0.1, -0.05) is 6.07 Å². The van der Waals surface area contributed by atoms with E-state index >= 15 is 0 Å². The molecule has 1 fully saturated rings. The molecular formula is C13H15N3O2. The smallest absolute Gasteiger partial charge is 0.240 e. The summed E-state index contributed by atoms with van der Waals surface area (Å²) in [4.78, 5) is 16.2. The molecule has 0 atom stereocenters. The first kappa shape index (κ1) is 12.5. The SMILES string of the molecule is N#CC1(C(=O)NCc2ccccn2)CCOCC1. The van der Waals surface area contributed by atoms with E-state index in [2.05, 4.69) is 16.4 Å². The van der Waals surface area contributed by atoms with Gasteiger partial charge in [0, 0.05) is 19.4 Å². The monoisotopic (exact) mass is 245 g/mol. The summed E-state index contributed by atoms with van der Waals surface area (Å²) in [5.74, 6) is -0.223. The molecule has 18 heavy (non-hydrogen) atoms. The number of nitriles is 1. The summed E-state index contributed by atoms with van der Waals surface area (Å²) < 4.78 is 5.20. The predicted molar refractivity (Wildman–Crippen MR) is 64.2 cm³/mol. The average molecular weight is 245 g/mol. The Labute approximate surface area is 106 Å². The van der Waals surface area contributed by atoms with Gasteiger partial charge in [0.15, 0.2) is 0 Å². The molecule has 0 aliphatic carbocycles. The first-order valence-electron chi connectivity index (χ1n) is 5.94. The summed E-state index contributed by atoms with van der Waals surface area (Å²) in [7, 11) is 0. The largest absolute Gasteiger partial charge is 0.381 e. The van der Waals surface area contributed by atoms with Gasteiger partial charge in [-0.25, -0.2) is 0 Å². The van der Waals surface area contributed by atoms with Crippen molar-refractivity contribution in [3.05, 3.63) is 30.1 Å². The summed E-state index contributed by atoms with van der Waals surface area (Å²) in [6.45, 7) is 1.28. The number of carbonyl (C=O) groups is 1. The van der Waals surface area contributed by atoms with Crippen molar-refractivity contribution >= 4 is 5.91 Å². The lowest BCUT2D eigenvalue weighted by atomic mass is 9.81. The van der Waals surface area contributed by atoms with Gasteiger partial charge in [0.2, 0.25) is 5.91 Å². The lowest BCUT2D eigenvalue weighted by molar-refractivity contribution is -0.132. The van der Waals surface area contributed by atoms with Gasteiger partial charge in [0.1, 0.15) is 5.41 Å². The van der Waals surface area contributed by atoms with Crippen LogP contribution in [0.5, 0.6) is 0 Å². The van der Waals surface area contributed by atoms with E-state index in [1.807, 2.05) is 18.2 Å². The van der Waals surface area contributed by atoms with Crippen molar-refractivity contribution in [2.75, 3.05) is 13.2 Å². The number of pyridine rings is 1. The van der Waals surface area contributed by atoms with Gasteiger partial charge in [-0.15, -0.1) is 0 Å². The van der Waals surface area contributed by atoms with E-state index in [4.69, 9.17) is 4.74 Å². The Bertz CT molecular complexity index is 447. The molecular weight excluding hydrogens is 230 g/mol. The van der Waals surface area contributed by atoms with Crippen LogP contribution in [-0.2, 0) is 16.1 Å². The van der Waals surface area contributed by atoms with Crippen LogP contribution < -0.4 is 5.32 Å². The van der Waals surface area contributed by atoms with Gasteiger partial charge in [-0.2, -0.15) is 5.26 Å². The summed E-state index contributed by atoms with van der Waals surface area (Å²) in [5, 5.41) is 12.0. The summed E-state index contributed by atoms with van der Waals surface area (Å²) in [6, 6.07) is 7.66. The standard InChI is InChI=1S/C13H15N3O2/c14-10-13(4-7-18-8-5-13)12(17)16-9-11-3-1-2-6-15-11/h1-3,6H,4-5,7-9H2,(H,16,17). The lowest BCUT2D eigenvalue weighted by Gasteiger charge is -2.29. The van der Waals surface area contributed by atoms with Crippen molar-refractivity contribution in [1.82, 2.24) is 10.3 Å². The molecule has 94 valence electrons. The fourth-order valence-electron chi connectivity index (χ4n) is 1.95. The maximum atomic E-state index is 12.1. The Morgan fingerprint density at radius 3 is 2.89 bits per heavy atom. The van der Waals surface area contributed by atoms with Gasteiger partial charge in [-0.05, 0) is 25.0 Å². The van der Waals surface area contributed by atoms with Crippen LogP contribution in [0.3, 0.4) is 0 Å². The van der Waals surface area contributed by atoms with Gasteiger partial charge < -0.3 is 10.1 Å². The third kappa shape index (κ3) is 2.66. The summed E-state index contributed by atoms with van der Waals surface area (Å²) >= 11 is 0. The van der Waals surface area contributed by atoms with Crippen molar-refractivity contribution in [3.8, 4) is 6.07 Å². The number of aromatic nitrogens is 1. The quantitative estimate of drug-likeness (QED) is 0.862. The molecule has 1 aliphatic rings. The maximum absolute atomic E-state index is 12.1. The summed E-state index contributed by atoms with van der Waals surface area (Å²) in [6.07, 6.45) is 2.59. The molecule has 0 bridgehead atoms. The van der Waals surface area contributed by atoms with Crippen LogP contribution in [-0.4, -0.2) is 24.1 Å². The Balaban J connectivity index is 1.97. The predicted octanol–water partition coefficient (Wildman–Crippen LogP) is 1.02. The fourth-order valence-corrected chi connectivity index (χ4v) is 1.95. The van der Waals surface area contributed by atoms with Gasteiger partial charge in [-0.3, -0.25) is 9.78 Å². The number of hydrogen-bond acceptors (Lipinski definition) is 4. The van der Waals surface area contributed by atoms with E-state index in [1.54, 1.807) is 6.20 Å². The normalized spacial score (nSPS) is 17.7. The molecule has 0 radical (unpaired) electrons. The van der Waals surface area contributed by atoms with Crippen molar-refractivity contribution in [3.63, 3.8) is 0 Å². The number of ether oxygens (including phenoxy) is 1. The average Bonchev–Trinajstić information content (AvgIpc) is 2.46. The topological polar surface area (TPSA) is 75.0 Å². The van der Waals surface area contributed by atoms with Crippen LogP contribution in [0.4, 0.5) is 0 Å². The number of amides is 1. The fraction of sp³-hybridized carbons (Fsp3) is 0.462. The van der Waals surface area contributed by atoms with Crippen LogP contribution in [0, 0.1) is 16.7 Å². The summed E-state index contributed by atoms with van der Waals surface area (Å²) in [5.41, 5.74) is -0.154. The van der Waals surface area contributed by atoms with Crippen molar-refractivity contribution in [1.29, 1.82) is 5.26 Å². The Morgan fingerprint density at radius 1 is 1.50 bits per heavy atom. The molecule has 0 aromatic carbocycles. The molecule has 1 aliphatic heterocycles. The maximum Gasteiger partial charge on any atom is 0.240 e. The van der Waals surface area contributed by atoms with Crippen molar-refractivity contribution in [2.45, 2.75) is 19.4 Å². The molecule has 1 saturated heterocycles. The van der Waals surface area contributed by atoms with Crippen LogP contribution in [0.15, 0.2) is 24.4 Å². The van der Waals surface area contributed by atoms with Crippen molar-refractivity contribution < 1.29 is 9.53 Å². The van der Waals surface area contributed by atoms with Gasteiger partial charge in [0.05, 0.1) is 18.3 Å². The van der Waals surface area contributed by atoms with Gasteiger partial charge in [0.25, 0.3) is 0 Å². The van der Waals surface area contributed by atoms with Gasteiger partial charge >= 0.3 is 0 Å². The Hall–Kier alpha value is -1.93. The molecule has 2 rings (SSSR count). The number of rotatable bonds is 3. The third-order valence-corrected chi connectivity index (χ3v) is 3.15. The first-order chi connectivity index (χ1) is 8.77. The molecule has 0 saturated carbocycles. The molecule has 0 unspecified atom stereocenters. The number of nitrogens with zero attached hydrogens (tertiary/aromatic N) is 2. The van der Waals surface area contributed by atoms with Crippen LogP contribution in [0.2, 0.25) is 0 Å². The molecule has 0 spiro atoms. The second-order valence-corrected chi connectivity index (χ2v) is 4.31. The highest BCUT2D eigenvalue weighted by Crippen LogP contribution is 2.29. The van der Waals surface area contributed by atoms with E-state index in [9.17, 15) is 10.1 Å². The Morgan fingerprint density at radius 2 is 2.28 bits per heavy atom. The zero-order valence-corrected chi connectivity index (χ0v) is 10.1. The highest BCUT2D eigenvalue weighted by molar-refractivity contribution is 5.85. The number of hydrogen-bond donors (Lipinski definition) is 1. The number of nitrogens with one attached hydrogen (secondary N) is 1. The minimum Gasteiger partial charge on any atom is -0.381 e. The number of carbonyl (C=O) groups excluding carboxylic acids is 1. The molecule has 5 heteroatoms. The first-order valence-corrected chi connectivity index (χ1v) is 5.94. The molecule has 1 aromatic heterocycles. The highest BCUT2D eigenvalue weighted by Gasteiger charge is 2.40. The van der Waals surface area contributed by atoms with E-state index in [0.29, 0.717) is 32.6 Å². The Kier molecular flexibility index (Phi) is 3.90. The van der Waals surface area contributed by atoms with Crippen LogP contribution in [0.25, 0.3) is 0 Å². The minimum absolute atomic E-state index is 0.223. The van der Waals surface area contributed by atoms with Crippen molar-refractivity contribution in [2.24, 2.45) is 5.41 Å². The second kappa shape index (κ2) is 5.61. The van der Waals surface area contributed by atoms with E-state index in [-0.39, 0.29) is 5.91 Å². The van der Waals surface area contributed by atoms with Crippen LogP contribution >= 0.6 is 0 Å². The molecule has 1 amide bonds. The zero-order chi connectivity index (χ0) is 12.8. The third-order valence-electron chi connectivity index (χ3n) is 3.15. The highest BCUT2D eigenvalue weighted by atomic mass is 16.5. The lowest BCUT2D eigenvalue weighted by Crippen LogP contribution is -2.43. The van der Waals surface area contributed by atoms with E-state index < -0.39 is 5.41 Å². The van der Waals surface area contributed by atoms with E-state index in [1.165, 1.54) is 0 Å². The molecule has 5 nitrogen and oxygen atoms in total. The molecule has 1 aromatic rings. The van der Waals surface area contributed by atoms with E-state index in [0.717, 1.165) is 5.69 Å². The zero-order valence-electron chi connectivity index (χ0n) is 10.1. The van der Waals surface area contributed by atoms with Crippen LogP contribution in [0.1, 0.15) is 18.5 Å². The second-order valence-electron chi connectivity index (χ2n) is 4.31. The molecule has 2 heterocycles. The molecule has 1 N–H and O–H groups in total. The minimum atomic E-state index is -0.937.